The van der Waals surface area contributed by atoms with E-state index in [1.54, 1.807) is 0 Å². The summed E-state index contributed by atoms with van der Waals surface area (Å²) in [5, 5.41) is 8.87. The van der Waals surface area contributed by atoms with Crippen molar-refractivity contribution in [1.82, 2.24) is 0 Å². The van der Waals surface area contributed by atoms with Gasteiger partial charge in [0, 0.05) is 16.8 Å². The fourth-order valence-electron chi connectivity index (χ4n) is 0.758. The van der Waals surface area contributed by atoms with Crippen LogP contribution < -0.4 is 0 Å². The first-order chi connectivity index (χ1) is 6.77. The molecule has 0 rings (SSSR count). The summed E-state index contributed by atoms with van der Waals surface area (Å²) >= 11 is 6.12. The van der Waals surface area contributed by atoms with E-state index in [-0.39, 0.29) is 6.61 Å². The molecule has 0 bridgehead atoms. The van der Waals surface area contributed by atoms with E-state index < -0.39 is 0 Å². The van der Waals surface area contributed by atoms with Crippen LogP contribution >= 0.6 is 24.4 Å². The van der Waals surface area contributed by atoms with Crippen LogP contribution in [0.15, 0.2) is 0 Å². The highest BCUT2D eigenvalue weighted by Gasteiger charge is 1.95. The van der Waals surface area contributed by atoms with Gasteiger partial charge in [-0.15, -0.1) is 0 Å². The van der Waals surface area contributed by atoms with E-state index in [4.69, 9.17) is 14.6 Å². The van der Waals surface area contributed by atoms with Gasteiger partial charge < -0.3 is 14.6 Å². The Kier molecular flexibility index (Phi) is 12.1. The van der Waals surface area contributed by atoms with Crippen LogP contribution in [0, 0.1) is 0 Å². The highest BCUT2D eigenvalue weighted by molar-refractivity contribution is 8.00. The van der Waals surface area contributed by atoms with Gasteiger partial charge in [-0.3, -0.25) is 0 Å². The zero-order valence-corrected chi connectivity index (χ0v) is 10.4. The minimum atomic E-state index is 0.0791. The molecule has 0 amide bonds. The van der Waals surface area contributed by atoms with Crippen LogP contribution in [0.25, 0.3) is 0 Å². The molecule has 0 aliphatic carbocycles. The molecule has 1 atom stereocenters. The average molecular weight is 240 g/mol. The van der Waals surface area contributed by atoms with E-state index in [2.05, 4.69) is 19.6 Å². The van der Waals surface area contributed by atoms with Gasteiger partial charge in [-0.2, -0.15) is 24.4 Å². The summed E-state index contributed by atoms with van der Waals surface area (Å²) in [5.74, 6) is 2.07. The maximum absolute atomic E-state index is 8.41. The Balaban J connectivity index is 2.85. The molecular formula is C9H20O3S2. The summed E-state index contributed by atoms with van der Waals surface area (Å²) in [5.41, 5.74) is 0. The molecule has 0 saturated carbocycles. The third-order valence-corrected chi connectivity index (χ3v) is 2.96. The Morgan fingerprint density at radius 2 is 1.86 bits per heavy atom. The van der Waals surface area contributed by atoms with Gasteiger partial charge in [-0.25, -0.2) is 0 Å². The summed E-state index contributed by atoms with van der Waals surface area (Å²) < 4.78 is 10.3. The molecule has 0 aliphatic heterocycles. The largest absolute Gasteiger partial charge is 0.394 e. The number of aliphatic hydroxyl groups excluding tert-OH is 1. The van der Waals surface area contributed by atoms with Crippen molar-refractivity contribution in [3.63, 3.8) is 0 Å². The highest BCUT2D eigenvalue weighted by Crippen LogP contribution is 2.06. The van der Waals surface area contributed by atoms with Crippen LogP contribution in [0.3, 0.4) is 0 Å². The summed E-state index contributed by atoms with van der Waals surface area (Å²) in [6.07, 6.45) is 0. The number of thiol groups is 1. The van der Waals surface area contributed by atoms with Gasteiger partial charge in [-0.05, 0) is 0 Å². The van der Waals surface area contributed by atoms with Crippen molar-refractivity contribution >= 4 is 24.4 Å². The van der Waals surface area contributed by atoms with Gasteiger partial charge in [0.2, 0.25) is 0 Å². The van der Waals surface area contributed by atoms with Gasteiger partial charge in [0.05, 0.1) is 33.0 Å². The number of rotatable bonds is 10. The molecule has 0 spiro atoms. The molecule has 0 fully saturated rings. The number of thioether (sulfide) groups is 1. The maximum Gasteiger partial charge on any atom is 0.0701 e. The summed E-state index contributed by atoms with van der Waals surface area (Å²) in [6.45, 7) is 4.49. The van der Waals surface area contributed by atoms with Crippen LogP contribution in [0.2, 0.25) is 0 Å². The number of hydrogen-bond donors (Lipinski definition) is 2. The molecule has 0 aromatic rings. The molecule has 1 N–H and O–H groups in total. The van der Waals surface area contributed by atoms with E-state index in [0.717, 1.165) is 18.1 Å². The molecule has 0 aromatic heterocycles. The Morgan fingerprint density at radius 3 is 2.43 bits per heavy atom. The number of aliphatic hydroxyl groups is 1. The predicted molar refractivity (Wildman–Crippen MR) is 64.5 cm³/mol. The van der Waals surface area contributed by atoms with Crippen LogP contribution in [0.1, 0.15) is 6.92 Å². The number of hydrogen-bond acceptors (Lipinski definition) is 5. The van der Waals surface area contributed by atoms with Gasteiger partial charge >= 0.3 is 0 Å². The van der Waals surface area contributed by atoms with E-state index in [0.29, 0.717) is 25.1 Å². The molecule has 3 nitrogen and oxygen atoms in total. The molecule has 0 heterocycles. The second kappa shape index (κ2) is 11.7. The van der Waals surface area contributed by atoms with Gasteiger partial charge in [-0.1, -0.05) is 6.92 Å². The fraction of sp³-hybridized carbons (Fsp3) is 1.00. The molecule has 0 radical (unpaired) electrons. The van der Waals surface area contributed by atoms with Crippen molar-refractivity contribution < 1.29 is 14.6 Å². The second-order valence-electron chi connectivity index (χ2n) is 2.87. The molecule has 86 valence electrons. The first kappa shape index (κ1) is 14.6. The average Bonchev–Trinajstić information content (AvgIpc) is 2.15. The van der Waals surface area contributed by atoms with Crippen molar-refractivity contribution in [3.05, 3.63) is 0 Å². The first-order valence-corrected chi connectivity index (χ1v) is 6.46. The van der Waals surface area contributed by atoms with Crippen molar-refractivity contribution in [2.24, 2.45) is 0 Å². The van der Waals surface area contributed by atoms with Crippen LogP contribution in [-0.2, 0) is 9.47 Å². The normalized spacial score (nSPS) is 13.1. The van der Waals surface area contributed by atoms with Crippen LogP contribution in [0.5, 0.6) is 0 Å². The lowest BCUT2D eigenvalue weighted by atomic mass is 10.6. The van der Waals surface area contributed by atoms with Crippen molar-refractivity contribution in [2.75, 3.05) is 44.5 Å². The van der Waals surface area contributed by atoms with Gasteiger partial charge in [0.1, 0.15) is 0 Å². The van der Waals surface area contributed by atoms with E-state index in [1.807, 2.05) is 11.8 Å². The predicted octanol–water partition coefficient (Wildman–Crippen LogP) is 1.06. The van der Waals surface area contributed by atoms with Crippen LogP contribution in [-0.4, -0.2) is 54.9 Å². The third kappa shape index (κ3) is 12.6. The second-order valence-corrected chi connectivity index (χ2v) is 4.90. The topological polar surface area (TPSA) is 38.7 Å². The lowest BCUT2D eigenvalue weighted by Crippen LogP contribution is -2.09. The lowest BCUT2D eigenvalue weighted by molar-refractivity contribution is 0.0377. The molecule has 14 heavy (non-hydrogen) atoms. The first-order valence-electron chi connectivity index (χ1n) is 4.79. The minimum Gasteiger partial charge on any atom is -0.394 e. The zero-order valence-electron chi connectivity index (χ0n) is 8.65. The monoisotopic (exact) mass is 240 g/mol. The van der Waals surface area contributed by atoms with Gasteiger partial charge in [0.25, 0.3) is 0 Å². The van der Waals surface area contributed by atoms with Crippen LogP contribution in [0.4, 0.5) is 0 Å². The van der Waals surface area contributed by atoms with E-state index in [1.165, 1.54) is 0 Å². The van der Waals surface area contributed by atoms with Crippen molar-refractivity contribution in [3.8, 4) is 0 Å². The Morgan fingerprint density at radius 1 is 1.21 bits per heavy atom. The number of ether oxygens (including phenoxy) is 2. The summed E-state index contributed by atoms with van der Waals surface area (Å²) in [4.78, 5) is 0. The van der Waals surface area contributed by atoms with E-state index in [9.17, 15) is 0 Å². The summed E-state index contributed by atoms with van der Waals surface area (Å²) in [7, 11) is 0. The zero-order chi connectivity index (χ0) is 10.6. The third-order valence-electron chi connectivity index (χ3n) is 1.34. The summed E-state index contributed by atoms with van der Waals surface area (Å²) in [6, 6.07) is 0. The van der Waals surface area contributed by atoms with Gasteiger partial charge in [0.15, 0.2) is 0 Å². The standard InChI is InChI=1S/C9H20O3S2/c1-9(13)8-14-7-6-12-5-4-11-3-2-10/h9-10,13H,2-8H2,1H3. The molecular weight excluding hydrogens is 220 g/mol. The smallest absolute Gasteiger partial charge is 0.0701 e. The molecule has 5 heteroatoms. The Hall–Kier alpha value is 0.580. The Labute approximate surface area is 96.0 Å². The Bertz CT molecular complexity index is 112. The molecule has 0 saturated heterocycles. The highest BCUT2D eigenvalue weighted by atomic mass is 32.2. The molecule has 0 aliphatic rings. The minimum absolute atomic E-state index is 0.0791. The molecule has 1 unspecified atom stereocenters. The fourth-order valence-corrected chi connectivity index (χ4v) is 1.82. The maximum atomic E-state index is 8.41. The van der Waals surface area contributed by atoms with Crippen molar-refractivity contribution in [1.29, 1.82) is 0 Å². The molecule has 0 aromatic carbocycles. The van der Waals surface area contributed by atoms with Crippen molar-refractivity contribution in [2.45, 2.75) is 12.2 Å². The quantitative estimate of drug-likeness (QED) is 0.442. The SMILES string of the molecule is CC(S)CSCCOCCOCCO. The van der Waals surface area contributed by atoms with E-state index >= 15 is 0 Å². The lowest BCUT2D eigenvalue weighted by Gasteiger charge is -2.05.